The molecule has 0 radical (unpaired) electrons. The smallest absolute Gasteiger partial charge is 0.264 e. The van der Waals surface area contributed by atoms with Gasteiger partial charge in [-0.25, -0.2) is 4.98 Å². The Morgan fingerprint density at radius 3 is 2.77 bits per heavy atom. The van der Waals surface area contributed by atoms with Crippen molar-refractivity contribution in [3.63, 3.8) is 0 Å². The van der Waals surface area contributed by atoms with Gasteiger partial charge < -0.3 is 9.64 Å². The number of likely N-dealkylation sites (N-methyl/N-ethyl adjacent to an activating group) is 1. The summed E-state index contributed by atoms with van der Waals surface area (Å²) in [7, 11) is 1.80. The van der Waals surface area contributed by atoms with E-state index in [0.717, 1.165) is 28.1 Å². The fraction of sp³-hybridized carbons (Fsp3) is 0.261. The lowest BCUT2D eigenvalue weighted by Crippen LogP contribution is -2.33. The van der Waals surface area contributed by atoms with E-state index in [9.17, 15) is 9.59 Å². The van der Waals surface area contributed by atoms with E-state index in [4.69, 9.17) is 4.74 Å². The maximum Gasteiger partial charge on any atom is 0.264 e. The third-order valence-electron chi connectivity index (χ3n) is 5.37. The summed E-state index contributed by atoms with van der Waals surface area (Å²) in [6, 6.07) is 13.5. The van der Waals surface area contributed by atoms with Crippen LogP contribution in [0.5, 0.6) is 5.75 Å². The van der Waals surface area contributed by atoms with Crippen LogP contribution >= 0.6 is 11.3 Å². The number of benzene rings is 2. The molecule has 4 rings (SSSR count). The molecular formula is C23H23N3O3S. The van der Waals surface area contributed by atoms with Gasteiger partial charge in [-0.2, -0.15) is 0 Å². The third-order valence-corrected chi connectivity index (χ3v) is 6.13. The number of thiazole rings is 1. The van der Waals surface area contributed by atoms with Crippen LogP contribution in [-0.2, 0) is 15.0 Å². The molecule has 0 bridgehead atoms. The molecule has 154 valence electrons. The highest BCUT2D eigenvalue weighted by atomic mass is 32.1. The summed E-state index contributed by atoms with van der Waals surface area (Å²) in [5.41, 5.74) is 3.99. The number of para-hydroxylation sites is 1. The highest BCUT2D eigenvalue weighted by Gasteiger charge is 2.42. The number of aryl methyl sites for hydroxylation is 1. The Morgan fingerprint density at radius 1 is 1.23 bits per heavy atom. The van der Waals surface area contributed by atoms with E-state index in [1.165, 1.54) is 11.3 Å². The Morgan fingerprint density at radius 2 is 2.00 bits per heavy atom. The Bertz CT molecular complexity index is 1140. The number of fused-ring (bicyclic) bond motifs is 1. The lowest BCUT2D eigenvalue weighted by molar-refractivity contribution is -0.121. The molecule has 1 aromatic heterocycles. The average Bonchev–Trinajstić information content (AvgIpc) is 3.25. The monoisotopic (exact) mass is 421 g/mol. The minimum Gasteiger partial charge on any atom is -0.483 e. The second-order valence-corrected chi connectivity index (χ2v) is 8.72. The number of rotatable bonds is 5. The molecule has 0 unspecified atom stereocenters. The van der Waals surface area contributed by atoms with E-state index in [1.807, 2.05) is 68.6 Å². The van der Waals surface area contributed by atoms with E-state index in [2.05, 4.69) is 10.3 Å². The minimum atomic E-state index is -0.569. The Labute approximate surface area is 179 Å². The van der Waals surface area contributed by atoms with Crippen LogP contribution in [0.15, 0.2) is 47.8 Å². The zero-order chi connectivity index (χ0) is 21.5. The van der Waals surface area contributed by atoms with Crippen molar-refractivity contribution in [2.75, 3.05) is 23.9 Å². The van der Waals surface area contributed by atoms with E-state index >= 15 is 0 Å². The van der Waals surface area contributed by atoms with Crippen LogP contribution in [0.1, 0.15) is 25.0 Å². The van der Waals surface area contributed by atoms with Gasteiger partial charge in [0, 0.05) is 23.7 Å². The second kappa shape index (κ2) is 7.57. The topological polar surface area (TPSA) is 71.5 Å². The van der Waals surface area contributed by atoms with Crippen molar-refractivity contribution in [2.45, 2.75) is 26.2 Å². The highest BCUT2D eigenvalue weighted by Crippen LogP contribution is 2.42. The van der Waals surface area contributed by atoms with Crippen LogP contribution in [0.25, 0.3) is 11.3 Å². The standard InChI is InChI=1S/C23H23N3O3S/c1-14-7-5-6-8-19(14)29-12-20(27)25-22-24-17(13-30-22)15-9-10-18-16(11-15)23(2,3)21(28)26(18)4/h5-11,13H,12H2,1-4H3,(H,24,25,27). The summed E-state index contributed by atoms with van der Waals surface area (Å²) in [5, 5.41) is 5.19. The molecule has 0 saturated carbocycles. The van der Waals surface area contributed by atoms with Crippen LogP contribution < -0.4 is 15.0 Å². The minimum absolute atomic E-state index is 0.0783. The van der Waals surface area contributed by atoms with Crippen LogP contribution in [0.2, 0.25) is 0 Å². The zero-order valence-corrected chi connectivity index (χ0v) is 18.2. The lowest BCUT2D eigenvalue weighted by Gasteiger charge is -2.16. The first-order valence-corrected chi connectivity index (χ1v) is 10.5. The number of nitrogens with zero attached hydrogens (tertiary/aromatic N) is 2. The molecule has 3 aromatic rings. The van der Waals surface area contributed by atoms with Crippen LogP contribution in [-0.4, -0.2) is 30.5 Å². The number of ether oxygens (including phenoxy) is 1. The number of carbonyl (C=O) groups is 2. The number of carbonyl (C=O) groups excluding carboxylic acids is 2. The highest BCUT2D eigenvalue weighted by molar-refractivity contribution is 7.14. The van der Waals surface area contributed by atoms with Crippen LogP contribution in [0, 0.1) is 6.92 Å². The van der Waals surface area contributed by atoms with Crippen molar-refractivity contribution >= 4 is 34.0 Å². The SMILES string of the molecule is Cc1ccccc1OCC(=O)Nc1nc(-c2ccc3c(c2)C(C)(C)C(=O)N3C)cs1. The predicted octanol–water partition coefficient (Wildman–Crippen LogP) is 4.39. The van der Waals surface area contributed by atoms with Crippen molar-refractivity contribution in [3.05, 3.63) is 59.0 Å². The molecule has 1 aliphatic heterocycles. The summed E-state index contributed by atoms with van der Waals surface area (Å²) in [4.78, 5) is 31.0. The van der Waals surface area contributed by atoms with Crippen LogP contribution in [0.3, 0.4) is 0 Å². The van der Waals surface area contributed by atoms with Crippen molar-refractivity contribution in [1.29, 1.82) is 0 Å². The molecule has 0 aliphatic carbocycles. The summed E-state index contributed by atoms with van der Waals surface area (Å²) in [6.45, 7) is 5.72. The van der Waals surface area contributed by atoms with E-state index < -0.39 is 5.41 Å². The van der Waals surface area contributed by atoms with E-state index in [0.29, 0.717) is 10.9 Å². The molecule has 2 aromatic carbocycles. The summed E-state index contributed by atoms with van der Waals surface area (Å²) >= 11 is 1.36. The van der Waals surface area contributed by atoms with Crippen molar-refractivity contribution in [2.24, 2.45) is 0 Å². The average molecular weight is 422 g/mol. The number of anilines is 2. The van der Waals surface area contributed by atoms with Crippen LogP contribution in [0.4, 0.5) is 10.8 Å². The van der Waals surface area contributed by atoms with Gasteiger partial charge in [0.2, 0.25) is 5.91 Å². The summed E-state index contributed by atoms with van der Waals surface area (Å²) < 4.78 is 5.58. The maximum absolute atomic E-state index is 12.5. The molecule has 1 aliphatic rings. The van der Waals surface area contributed by atoms with Gasteiger partial charge >= 0.3 is 0 Å². The number of amides is 2. The fourth-order valence-corrected chi connectivity index (χ4v) is 4.35. The largest absolute Gasteiger partial charge is 0.483 e. The number of hydrogen-bond acceptors (Lipinski definition) is 5. The number of nitrogens with one attached hydrogen (secondary N) is 1. The van der Waals surface area contributed by atoms with Gasteiger partial charge in [-0.1, -0.05) is 24.3 Å². The maximum atomic E-state index is 12.5. The first kappa shape index (κ1) is 20.1. The van der Waals surface area contributed by atoms with E-state index in [1.54, 1.807) is 11.9 Å². The van der Waals surface area contributed by atoms with Gasteiger partial charge in [-0.3, -0.25) is 14.9 Å². The Kier molecular flexibility index (Phi) is 5.07. The Balaban J connectivity index is 1.46. The fourth-order valence-electron chi connectivity index (χ4n) is 3.61. The third kappa shape index (κ3) is 3.57. The lowest BCUT2D eigenvalue weighted by atomic mass is 9.85. The van der Waals surface area contributed by atoms with Gasteiger partial charge in [0.05, 0.1) is 11.1 Å². The summed E-state index contributed by atoms with van der Waals surface area (Å²) in [6.07, 6.45) is 0. The molecule has 0 saturated heterocycles. The van der Waals surface area contributed by atoms with Gasteiger partial charge in [0.25, 0.3) is 5.91 Å². The summed E-state index contributed by atoms with van der Waals surface area (Å²) in [5.74, 6) is 0.503. The zero-order valence-electron chi connectivity index (χ0n) is 17.4. The quantitative estimate of drug-likeness (QED) is 0.663. The van der Waals surface area contributed by atoms with Crippen molar-refractivity contribution in [1.82, 2.24) is 4.98 Å². The molecule has 30 heavy (non-hydrogen) atoms. The molecule has 6 nitrogen and oxygen atoms in total. The molecular weight excluding hydrogens is 398 g/mol. The Hall–Kier alpha value is -3.19. The second-order valence-electron chi connectivity index (χ2n) is 7.86. The van der Waals surface area contributed by atoms with Gasteiger partial charge in [0.1, 0.15) is 5.75 Å². The van der Waals surface area contributed by atoms with Gasteiger partial charge in [-0.05, 0) is 50.1 Å². The molecule has 2 amide bonds. The molecule has 0 atom stereocenters. The van der Waals surface area contributed by atoms with Crippen molar-refractivity contribution in [3.8, 4) is 17.0 Å². The number of aromatic nitrogens is 1. The molecule has 0 spiro atoms. The molecule has 0 fully saturated rings. The first-order valence-electron chi connectivity index (χ1n) is 9.64. The normalized spacial score (nSPS) is 14.5. The van der Waals surface area contributed by atoms with E-state index in [-0.39, 0.29) is 18.4 Å². The molecule has 1 N–H and O–H groups in total. The number of hydrogen-bond donors (Lipinski definition) is 1. The first-order chi connectivity index (χ1) is 14.3. The molecule has 2 heterocycles. The molecule has 7 heteroatoms. The van der Waals surface area contributed by atoms with Gasteiger partial charge in [-0.15, -0.1) is 11.3 Å². The van der Waals surface area contributed by atoms with Gasteiger partial charge in [0.15, 0.2) is 11.7 Å². The predicted molar refractivity (Wildman–Crippen MR) is 119 cm³/mol. The van der Waals surface area contributed by atoms with Crippen molar-refractivity contribution < 1.29 is 14.3 Å².